The standard InChI is InChI=1S/C38H25N7.Pt/c1-24-25(2)41-20-21-42(37(41)39-24)26-10-9-11-27(22-26)43-32-14-5-3-12-29(32)30-19-18-28(23-36(30)43)44-34-16-7-8-17-35(34)45-33-15-6-4-13-31(33)40-38(44)45;/h3-21H,1-2H3;/q-2;+2. The summed E-state index contributed by atoms with van der Waals surface area (Å²) in [5, 5.41) is 2.31. The van der Waals surface area contributed by atoms with Crippen molar-refractivity contribution < 1.29 is 21.1 Å². The van der Waals surface area contributed by atoms with Gasteiger partial charge in [-0.1, -0.05) is 65.0 Å². The van der Waals surface area contributed by atoms with E-state index >= 15 is 0 Å². The first-order chi connectivity index (χ1) is 22.2. The van der Waals surface area contributed by atoms with Crippen LogP contribution in [0.25, 0.3) is 72.5 Å². The zero-order chi connectivity index (χ0) is 29.8. The first kappa shape index (κ1) is 27.0. The Morgan fingerprint density at radius 2 is 1.26 bits per heavy atom. The maximum atomic E-state index is 5.09. The normalized spacial score (nSPS) is 12.0. The first-order valence-corrected chi connectivity index (χ1v) is 15.0. The van der Waals surface area contributed by atoms with E-state index in [0.29, 0.717) is 0 Å². The largest absolute Gasteiger partial charge is 2.00 e. The summed E-state index contributed by atoms with van der Waals surface area (Å²) in [7, 11) is 0. The van der Waals surface area contributed by atoms with E-state index in [4.69, 9.17) is 9.97 Å². The van der Waals surface area contributed by atoms with Crippen LogP contribution in [-0.2, 0) is 21.1 Å². The zero-order valence-corrected chi connectivity index (χ0v) is 27.2. The number of aryl methyl sites for hydroxylation is 2. The van der Waals surface area contributed by atoms with Crippen LogP contribution in [0.15, 0.2) is 116 Å². The van der Waals surface area contributed by atoms with Crippen LogP contribution in [0.2, 0.25) is 0 Å². The zero-order valence-electron chi connectivity index (χ0n) is 24.9. The second-order valence-electron chi connectivity index (χ2n) is 11.6. The van der Waals surface area contributed by atoms with E-state index in [-0.39, 0.29) is 21.1 Å². The van der Waals surface area contributed by atoms with E-state index in [1.165, 1.54) is 5.39 Å². The molecule has 0 spiro atoms. The van der Waals surface area contributed by atoms with Crippen molar-refractivity contribution in [2.45, 2.75) is 13.8 Å². The fourth-order valence-electron chi connectivity index (χ4n) is 6.91. The number of benzene rings is 5. The van der Waals surface area contributed by atoms with Crippen LogP contribution >= 0.6 is 0 Å². The number of imidazole rings is 4. The van der Waals surface area contributed by atoms with Gasteiger partial charge in [-0.2, -0.15) is 12.1 Å². The van der Waals surface area contributed by atoms with E-state index < -0.39 is 0 Å². The molecule has 5 heterocycles. The van der Waals surface area contributed by atoms with Crippen molar-refractivity contribution in [3.63, 3.8) is 0 Å². The first-order valence-electron chi connectivity index (χ1n) is 15.0. The molecule has 0 unspecified atom stereocenters. The Morgan fingerprint density at radius 1 is 0.543 bits per heavy atom. The summed E-state index contributed by atoms with van der Waals surface area (Å²) in [6, 6.07) is 43.5. The number of para-hydroxylation sites is 5. The van der Waals surface area contributed by atoms with Gasteiger partial charge in [-0.05, 0) is 49.6 Å². The molecule has 0 fully saturated rings. The molecule has 0 amide bonds. The van der Waals surface area contributed by atoms with E-state index in [0.717, 1.165) is 78.5 Å². The van der Waals surface area contributed by atoms with Crippen molar-refractivity contribution >= 4 is 55.4 Å². The molecule has 0 atom stereocenters. The molecule has 10 rings (SSSR count). The number of hydrogen-bond acceptors (Lipinski definition) is 2. The molecule has 10 aromatic rings. The quantitative estimate of drug-likeness (QED) is 0.170. The van der Waals surface area contributed by atoms with Gasteiger partial charge < -0.3 is 13.7 Å². The van der Waals surface area contributed by atoms with E-state index in [1.54, 1.807) is 0 Å². The van der Waals surface area contributed by atoms with Crippen LogP contribution < -0.4 is 0 Å². The predicted octanol–water partition coefficient (Wildman–Crippen LogP) is 8.18. The maximum Gasteiger partial charge on any atom is 2.00 e. The van der Waals surface area contributed by atoms with Gasteiger partial charge in [0.25, 0.3) is 0 Å². The third-order valence-electron chi connectivity index (χ3n) is 9.13. The fraction of sp³-hybridized carbons (Fsp3) is 0.0526. The molecule has 0 saturated carbocycles. The Hall–Kier alpha value is -5.39. The van der Waals surface area contributed by atoms with Gasteiger partial charge >= 0.3 is 21.1 Å². The van der Waals surface area contributed by atoms with Crippen LogP contribution in [0.3, 0.4) is 0 Å². The fourth-order valence-corrected chi connectivity index (χ4v) is 6.91. The van der Waals surface area contributed by atoms with Gasteiger partial charge in [0.1, 0.15) is 0 Å². The van der Waals surface area contributed by atoms with Gasteiger partial charge in [0, 0.05) is 23.6 Å². The minimum atomic E-state index is 0. The van der Waals surface area contributed by atoms with Gasteiger partial charge in [-0.15, -0.1) is 35.7 Å². The molecule has 0 radical (unpaired) electrons. The van der Waals surface area contributed by atoms with E-state index in [1.807, 2.05) is 13.0 Å². The van der Waals surface area contributed by atoms with Crippen molar-refractivity contribution in [2.75, 3.05) is 0 Å². The third kappa shape index (κ3) is 3.57. The molecule has 8 heteroatoms. The van der Waals surface area contributed by atoms with Crippen molar-refractivity contribution in [3.8, 4) is 17.1 Å². The molecule has 0 bridgehead atoms. The molecule has 5 aromatic carbocycles. The second-order valence-corrected chi connectivity index (χ2v) is 11.6. The van der Waals surface area contributed by atoms with Crippen molar-refractivity contribution in [1.29, 1.82) is 0 Å². The summed E-state index contributed by atoms with van der Waals surface area (Å²) in [5.74, 6) is 1.75. The number of nitrogens with zero attached hydrogens (tertiary/aromatic N) is 7. The van der Waals surface area contributed by atoms with Gasteiger partial charge in [0.05, 0.1) is 27.8 Å². The molecule has 0 saturated heterocycles. The summed E-state index contributed by atoms with van der Waals surface area (Å²) in [5.41, 5.74) is 11.3. The molecular weight excluding hydrogens is 750 g/mol. The van der Waals surface area contributed by atoms with Gasteiger partial charge in [-0.3, -0.25) is 8.80 Å². The van der Waals surface area contributed by atoms with Crippen LogP contribution in [0, 0.1) is 26.0 Å². The van der Waals surface area contributed by atoms with Crippen molar-refractivity contribution in [1.82, 2.24) is 32.5 Å². The van der Waals surface area contributed by atoms with Gasteiger partial charge in [0.15, 0.2) is 0 Å². The molecule has 7 nitrogen and oxygen atoms in total. The Balaban J connectivity index is 0.00000292. The van der Waals surface area contributed by atoms with Crippen molar-refractivity contribution in [3.05, 3.63) is 139 Å². The molecule has 0 aliphatic carbocycles. The topological polar surface area (TPSA) is 49.4 Å². The monoisotopic (exact) mass is 774 g/mol. The SMILES string of the molecule is Cc1nc2n(-c3[c-]c(-n4c5[c-]c(-n6c7ccccc7n7c8ccccc8nc67)ccc5c5ccccc54)ccc3)ccn2c1C.[Pt+2]. The summed E-state index contributed by atoms with van der Waals surface area (Å²) >= 11 is 0. The summed E-state index contributed by atoms with van der Waals surface area (Å²) in [6.07, 6.45) is 4.12. The third-order valence-corrected chi connectivity index (χ3v) is 9.13. The average molecular weight is 775 g/mol. The Labute approximate surface area is 277 Å². The summed E-state index contributed by atoms with van der Waals surface area (Å²) in [4.78, 5) is 9.92. The number of fused-ring (bicyclic) bond motifs is 9. The van der Waals surface area contributed by atoms with Gasteiger partial charge in [-0.25, -0.2) is 9.97 Å². The van der Waals surface area contributed by atoms with Crippen LogP contribution in [0.1, 0.15) is 11.4 Å². The van der Waals surface area contributed by atoms with Crippen LogP contribution in [0.4, 0.5) is 0 Å². The number of aromatic nitrogens is 7. The number of hydrogen-bond donors (Lipinski definition) is 0. The molecule has 222 valence electrons. The summed E-state index contributed by atoms with van der Waals surface area (Å²) < 4.78 is 10.9. The molecule has 0 N–H and O–H groups in total. The summed E-state index contributed by atoms with van der Waals surface area (Å²) in [6.45, 7) is 4.14. The van der Waals surface area contributed by atoms with Gasteiger partial charge in [0.2, 0.25) is 11.6 Å². The Morgan fingerprint density at radius 3 is 2.13 bits per heavy atom. The van der Waals surface area contributed by atoms with E-state index in [9.17, 15) is 0 Å². The predicted molar refractivity (Wildman–Crippen MR) is 179 cm³/mol. The molecule has 5 aromatic heterocycles. The van der Waals surface area contributed by atoms with E-state index in [2.05, 4.69) is 151 Å². The van der Waals surface area contributed by atoms with Crippen LogP contribution in [0.5, 0.6) is 0 Å². The molecule has 0 aliphatic heterocycles. The minimum Gasteiger partial charge on any atom is -0.358 e. The average Bonchev–Trinajstić information content (AvgIpc) is 3.86. The molecule has 46 heavy (non-hydrogen) atoms. The Bertz CT molecular complexity index is 2800. The molecular formula is C38H25N7Pt. The number of rotatable bonds is 3. The van der Waals surface area contributed by atoms with Crippen molar-refractivity contribution in [2.24, 2.45) is 0 Å². The van der Waals surface area contributed by atoms with Crippen LogP contribution in [-0.4, -0.2) is 32.5 Å². The minimum absolute atomic E-state index is 0. The second kappa shape index (κ2) is 9.80. The molecule has 0 aliphatic rings. The Kier molecular flexibility index (Phi) is 5.75. The maximum absolute atomic E-state index is 5.09. The smallest absolute Gasteiger partial charge is 0.358 e.